The van der Waals surface area contributed by atoms with Crippen LogP contribution >= 0.6 is 0 Å². The number of hydrogen-bond acceptors (Lipinski definition) is 5. The zero-order chi connectivity index (χ0) is 19.2. The predicted octanol–water partition coefficient (Wildman–Crippen LogP) is 3.60. The molecule has 0 aliphatic heterocycles. The fourth-order valence-electron chi connectivity index (χ4n) is 1.85. The van der Waals surface area contributed by atoms with E-state index in [0.29, 0.717) is 5.56 Å². The van der Waals surface area contributed by atoms with E-state index in [-0.39, 0.29) is 11.4 Å². The number of anilines is 1. The maximum atomic E-state index is 12.4. The van der Waals surface area contributed by atoms with Gasteiger partial charge in [-0.1, -0.05) is 17.3 Å². The molecule has 0 radical (unpaired) electrons. The number of benzene rings is 2. The molecule has 0 aliphatic rings. The van der Waals surface area contributed by atoms with E-state index in [1.54, 1.807) is 6.07 Å². The second kappa shape index (κ2) is 8.10. The summed E-state index contributed by atoms with van der Waals surface area (Å²) in [6, 6.07) is 9.54. The van der Waals surface area contributed by atoms with E-state index < -0.39 is 29.2 Å². The van der Waals surface area contributed by atoms with Gasteiger partial charge in [-0.2, -0.15) is 13.2 Å². The quantitative estimate of drug-likeness (QED) is 0.479. The highest BCUT2D eigenvalue weighted by atomic mass is 19.4. The number of oxime groups is 1. The molecule has 7 nitrogen and oxygen atoms in total. The zero-order valence-electron chi connectivity index (χ0n) is 13.1. The molecular weight excluding hydrogens is 355 g/mol. The summed E-state index contributed by atoms with van der Waals surface area (Å²) in [7, 11) is 0. The van der Waals surface area contributed by atoms with Crippen molar-refractivity contribution in [3.05, 3.63) is 69.8 Å². The molecule has 0 spiro atoms. The fourth-order valence-corrected chi connectivity index (χ4v) is 1.85. The van der Waals surface area contributed by atoms with E-state index >= 15 is 0 Å². The molecule has 136 valence electrons. The van der Waals surface area contributed by atoms with Crippen LogP contribution in [-0.2, 0) is 15.8 Å². The predicted molar refractivity (Wildman–Crippen MR) is 86.7 cm³/mol. The number of hydrogen-bond donors (Lipinski definition) is 1. The SMILES string of the molecule is O=C(CO/N=C\c1cccc([N+](=O)[O-])c1)Nc1ccc(C(F)(F)F)cc1. The van der Waals surface area contributed by atoms with Crippen molar-refractivity contribution in [1.29, 1.82) is 0 Å². The number of carbonyl (C=O) groups is 1. The molecule has 2 rings (SSSR count). The number of rotatable bonds is 6. The summed E-state index contributed by atoms with van der Waals surface area (Å²) < 4.78 is 37.3. The number of nitro benzene ring substituents is 1. The summed E-state index contributed by atoms with van der Waals surface area (Å²) in [5, 5.41) is 16.5. The van der Waals surface area contributed by atoms with Gasteiger partial charge in [0.2, 0.25) is 0 Å². The van der Waals surface area contributed by atoms with Crippen LogP contribution in [0.3, 0.4) is 0 Å². The Morgan fingerprint density at radius 2 is 1.92 bits per heavy atom. The highest BCUT2D eigenvalue weighted by molar-refractivity contribution is 5.91. The van der Waals surface area contributed by atoms with E-state index in [4.69, 9.17) is 4.84 Å². The van der Waals surface area contributed by atoms with Crippen LogP contribution in [0.15, 0.2) is 53.7 Å². The van der Waals surface area contributed by atoms with E-state index in [9.17, 15) is 28.1 Å². The van der Waals surface area contributed by atoms with Gasteiger partial charge in [0.05, 0.1) is 16.7 Å². The van der Waals surface area contributed by atoms with E-state index in [1.165, 1.54) is 24.4 Å². The molecule has 0 heterocycles. The molecule has 0 aromatic heterocycles. The largest absolute Gasteiger partial charge is 0.416 e. The van der Waals surface area contributed by atoms with Gasteiger partial charge in [-0.3, -0.25) is 14.9 Å². The number of nitrogens with one attached hydrogen (secondary N) is 1. The topological polar surface area (TPSA) is 93.8 Å². The Balaban J connectivity index is 1.83. The number of halogens is 3. The van der Waals surface area contributed by atoms with Crippen LogP contribution in [0.5, 0.6) is 0 Å². The molecule has 1 amide bonds. The van der Waals surface area contributed by atoms with E-state index in [0.717, 1.165) is 24.3 Å². The monoisotopic (exact) mass is 367 g/mol. The molecular formula is C16H12F3N3O4. The van der Waals surface area contributed by atoms with Gasteiger partial charge in [0.1, 0.15) is 0 Å². The maximum Gasteiger partial charge on any atom is 0.416 e. The lowest BCUT2D eigenvalue weighted by Gasteiger charge is -2.08. The van der Waals surface area contributed by atoms with Crippen LogP contribution in [0.4, 0.5) is 24.5 Å². The van der Waals surface area contributed by atoms with E-state index in [1.807, 2.05) is 0 Å². The van der Waals surface area contributed by atoms with Gasteiger partial charge >= 0.3 is 6.18 Å². The Morgan fingerprint density at radius 3 is 2.54 bits per heavy atom. The Hall–Kier alpha value is -3.43. The van der Waals surface area contributed by atoms with Crippen molar-refractivity contribution in [2.24, 2.45) is 5.16 Å². The minimum absolute atomic E-state index is 0.117. The molecule has 2 aromatic rings. The third-order valence-electron chi connectivity index (χ3n) is 3.05. The molecule has 0 aliphatic carbocycles. The van der Waals surface area contributed by atoms with Gasteiger partial charge in [0.25, 0.3) is 11.6 Å². The second-order valence-corrected chi connectivity index (χ2v) is 4.98. The van der Waals surface area contributed by atoms with Crippen molar-refractivity contribution < 1.29 is 27.7 Å². The lowest BCUT2D eigenvalue weighted by atomic mass is 10.2. The minimum atomic E-state index is -4.45. The number of alkyl halides is 3. The highest BCUT2D eigenvalue weighted by Gasteiger charge is 2.29. The maximum absolute atomic E-state index is 12.4. The molecule has 0 unspecified atom stereocenters. The first-order valence-corrected chi connectivity index (χ1v) is 7.12. The number of nitro groups is 1. The van der Waals surface area contributed by atoms with Crippen molar-refractivity contribution in [2.45, 2.75) is 6.18 Å². The number of carbonyl (C=O) groups excluding carboxylic acids is 1. The lowest BCUT2D eigenvalue weighted by Crippen LogP contribution is -2.17. The van der Waals surface area contributed by atoms with Gasteiger partial charge in [-0.05, 0) is 24.3 Å². The molecule has 0 atom stereocenters. The van der Waals surface area contributed by atoms with Crippen LogP contribution in [0.1, 0.15) is 11.1 Å². The van der Waals surface area contributed by atoms with Crippen molar-refractivity contribution in [2.75, 3.05) is 11.9 Å². The molecule has 10 heteroatoms. The molecule has 2 aromatic carbocycles. The van der Waals surface area contributed by atoms with Crippen LogP contribution in [0, 0.1) is 10.1 Å². The van der Waals surface area contributed by atoms with Crippen LogP contribution in [0.2, 0.25) is 0 Å². The van der Waals surface area contributed by atoms with Crippen molar-refractivity contribution in [3.8, 4) is 0 Å². The molecule has 1 N–H and O–H groups in total. The summed E-state index contributed by atoms with van der Waals surface area (Å²) in [4.78, 5) is 26.5. The van der Waals surface area contributed by atoms with Gasteiger partial charge in [0, 0.05) is 23.4 Å². The summed E-state index contributed by atoms with van der Waals surface area (Å²) in [6.07, 6.45) is -3.26. The zero-order valence-corrected chi connectivity index (χ0v) is 13.1. The summed E-state index contributed by atoms with van der Waals surface area (Å²) in [5.41, 5.74) is -0.362. The van der Waals surface area contributed by atoms with Crippen LogP contribution in [0.25, 0.3) is 0 Å². The molecule has 0 saturated heterocycles. The molecule has 0 bridgehead atoms. The summed E-state index contributed by atoms with van der Waals surface area (Å²) in [5.74, 6) is -0.624. The van der Waals surface area contributed by atoms with Crippen molar-refractivity contribution in [1.82, 2.24) is 0 Å². The smallest absolute Gasteiger partial charge is 0.386 e. The van der Waals surface area contributed by atoms with Gasteiger partial charge < -0.3 is 10.2 Å². The first-order valence-electron chi connectivity index (χ1n) is 7.12. The van der Waals surface area contributed by atoms with Gasteiger partial charge in [0.15, 0.2) is 6.61 Å². The standard InChI is InChI=1S/C16H12F3N3O4/c17-16(18,19)12-4-6-13(7-5-12)21-15(23)10-26-20-9-11-2-1-3-14(8-11)22(24)25/h1-9H,10H2,(H,21,23)/b20-9-. The highest BCUT2D eigenvalue weighted by Crippen LogP contribution is 2.29. The van der Waals surface area contributed by atoms with Gasteiger partial charge in [-0.15, -0.1) is 0 Å². The third kappa shape index (κ3) is 5.58. The normalized spacial score (nSPS) is 11.3. The molecule has 0 fully saturated rings. The fraction of sp³-hybridized carbons (Fsp3) is 0.125. The average molecular weight is 367 g/mol. The summed E-state index contributed by atoms with van der Waals surface area (Å²) in [6.45, 7) is -0.480. The number of nitrogens with zero attached hydrogens (tertiary/aromatic N) is 2. The second-order valence-electron chi connectivity index (χ2n) is 4.98. The van der Waals surface area contributed by atoms with Crippen LogP contribution in [-0.4, -0.2) is 23.7 Å². The first kappa shape index (κ1) is 18.9. The van der Waals surface area contributed by atoms with Crippen LogP contribution < -0.4 is 5.32 Å². The Morgan fingerprint density at radius 1 is 1.23 bits per heavy atom. The van der Waals surface area contributed by atoms with E-state index in [2.05, 4.69) is 10.5 Å². The van der Waals surface area contributed by atoms with Gasteiger partial charge in [-0.25, -0.2) is 0 Å². The molecule has 0 saturated carbocycles. The number of amides is 1. The Kier molecular flexibility index (Phi) is 5.89. The Labute approximate surface area is 145 Å². The summed E-state index contributed by atoms with van der Waals surface area (Å²) >= 11 is 0. The Bertz CT molecular complexity index is 820. The van der Waals surface area contributed by atoms with Crippen molar-refractivity contribution in [3.63, 3.8) is 0 Å². The number of non-ortho nitro benzene ring substituents is 1. The first-order chi connectivity index (χ1) is 12.3. The molecule has 26 heavy (non-hydrogen) atoms. The average Bonchev–Trinajstić information content (AvgIpc) is 2.58. The van der Waals surface area contributed by atoms with Crippen molar-refractivity contribution >= 4 is 23.5 Å². The lowest BCUT2D eigenvalue weighted by molar-refractivity contribution is -0.384. The third-order valence-corrected chi connectivity index (χ3v) is 3.05. The minimum Gasteiger partial charge on any atom is -0.386 e.